The first kappa shape index (κ1) is 16.7. The number of fused-ring (bicyclic) bond motifs is 1. The minimum Gasteiger partial charge on any atom is -0.497 e. The molecule has 0 radical (unpaired) electrons. The van der Waals surface area contributed by atoms with Gasteiger partial charge < -0.3 is 4.74 Å². The molecule has 1 amide bonds. The first-order valence-electron chi connectivity index (χ1n) is 8.09. The van der Waals surface area contributed by atoms with Crippen molar-refractivity contribution in [2.75, 3.05) is 7.11 Å². The third-order valence-electron chi connectivity index (χ3n) is 3.97. The van der Waals surface area contributed by atoms with Gasteiger partial charge in [0.25, 0.3) is 5.91 Å². The predicted octanol–water partition coefficient (Wildman–Crippen LogP) is 3.20. The highest BCUT2D eigenvalue weighted by Gasteiger charge is 2.16. The van der Waals surface area contributed by atoms with E-state index in [0.29, 0.717) is 17.8 Å². The minimum absolute atomic E-state index is 0.282. The highest BCUT2D eigenvalue weighted by Crippen LogP contribution is 2.14. The Morgan fingerprint density at radius 1 is 1.24 bits per heavy atom. The fraction of sp³-hybridized carbons (Fsp3) is 0.211. The van der Waals surface area contributed by atoms with Crippen LogP contribution in [0.5, 0.6) is 5.75 Å². The zero-order valence-electron chi connectivity index (χ0n) is 14.5. The van der Waals surface area contributed by atoms with Crippen LogP contribution in [-0.4, -0.2) is 28.1 Å². The van der Waals surface area contributed by atoms with Gasteiger partial charge in [-0.2, -0.15) is 5.10 Å². The molecular formula is C19H20N4O2. The maximum absolute atomic E-state index is 12.6. The van der Waals surface area contributed by atoms with Crippen LogP contribution in [0.15, 0.2) is 53.8 Å². The number of rotatable bonds is 5. The van der Waals surface area contributed by atoms with Crippen molar-refractivity contribution in [1.82, 2.24) is 14.8 Å². The van der Waals surface area contributed by atoms with Crippen molar-refractivity contribution in [2.24, 2.45) is 5.10 Å². The molecule has 6 heteroatoms. The van der Waals surface area contributed by atoms with Crippen LogP contribution < -0.4 is 10.2 Å². The van der Waals surface area contributed by atoms with Crippen LogP contribution in [0.25, 0.3) is 5.65 Å². The third-order valence-corrected chi connectivity index (χ3v) is 3.97. The van der Waals surface area contributed by atoms with Gasteiger partial charge in [0.05, 0.1) is 18.5 Å². The molecule has 0 fully saturated rings. The van der Waals surface area contributed by atoms with Crippen LogP contribution in [0, 0.1) is 6.92 Å². The molecule has 0 aliphatic heterocycles. The number of ether oxygens (including phenoxy) is 1. The minimum atomic E-state index is -0.282. The normalized spacial score (nSPS) is 11.6. The Labute approximate surface area is 146 Å². The van der Waals surface area contributed by atoms with Crippen LogP contribution in [-0.2, 0) is 0 Å². The van der Waals surface area contributed by atoms with Gasteiger partial charge in [-0.15, -0.1) is 0 Å². The lowest BCUT2D eigenvalue weighted by Crippen LogP contribution is -2.22. The molecule has 2 aromatic heterocycles. The first-order valence-corrected chi connectivity index (χ1v) is 8.09. The average molecular weight is 336 g/mol. The second-order valence-electron chi connectivity index (χ2n) is 5.56. The molecule has 0 aliphatic rings. The van der Waals surface area contributed by atoms with Crippen molar-refractivity contribution in [3.8, 4) is 5.75 Å². The number of imidazole rings is 1. The Balaban J connectivity index is 1.85. The van der Waals surface area contributed by atoms with Gasteiger partial charge in [0.1, 0.15) is 17.1 Å². The number of aromatic nitrogens is 2. The average Bonchev–Trinajstić information content (AvgIpc) is 2.98. The molecule has 2 heterocycles. The molecule has 128 valence electrons. The largest absolute Gasteiger partial charge is 0.497 e. The van der Waals surface area contributed by atoms with Crippen LogP contribution in [0.4, 0.5) is 0 Å². The zero-order chi connectivity index (χ0) is 17.8. The molecule has 0 saturated heterocycles. The smallest absolute Gasteiger partial charge is 0.290 e. The van der Waals surface area contributed by atoms with Crippen LogP contribution in [0.3, 0.4) is 0 Å². The van der Waals surface area contributed by atoms with Gasteiger partial charge in [-0.25, -0.2) is 10.4 Å². The van der Waals surface area contributed by atoms with Gasteiger partial charge in [0.15, 0.2) is 0 Å². The molecule has 1 aromatic carbocycles. The number of aryl methyl sites for hydroxylation is 1. The summed E-state index contributed by atoms with van der Waals surface area (Å²) in [6.45, 7) is 3.81. The van der Waals surface area contributed by atoms with Gasteiger partial charge in [-0.1, -0.05) is 13.0 Å². The van der Waals surface area contributed by atoms with E-state index in [1.807, 2.05) is 62.5 Å². The lowest BCUT2D eigenvalue weighted by atomic mass is 10.1. The predicted molar refractivity (Wildman–Crippen MR) is 97.2 cm³/mol. The van der Waals surface area contributed by atoms with Crippen molar-refractivity contribution in [3.05, 3.63) is 65.6 Å². The van der Waals surface area contributed by atoms with Crippen LogP contribution in [0.1, 0.15) is 35.1 Å². The van der Waals surface area contributed by atoms with E-state index < -0.39 is 0 Å². The lowest BCUT2D eigenvalue weighted by Gasteiger charge is -2.07. The maximum Gasteiger partial charge on any atom is 0.290 e. The first-order chi connectivity index (χ1) is 12.1. The van der Waals surface area contributed by atoms with Gasteiger partial charge >= 0.3 is 0 Å². The van der Waals surface area contributed by atoms with Crippen molar-refractivity contribution in [3.63, 3.8) is 0 Å². The molecule has 0 unspecified atom stereocenters. The number of nitrogens with zero attached hydrogens (tertiary/aromatic N) is 3. The highest BCUT2D eigenvalue weighted by molar-refractivity contribution is 6.02. The molecule has 0 atom stereocenters. The van der Waals surface area contributed by atoms with Crippen molar-refractivity contribution in [2.45, 2.75) is 20.3 Å². The molecule has 0 bridgehead atoms. The van der Waals surface area contributed by atoms with E-state index in [1.165, 1.54) is 0 Å². The van der Waals surface area contributed by atoms with Gasteiger partial charge in [0, 0.05) is 6.20 Å². The van der Waals surface area contributed by atoms with E-state index in [0.717, 1.165) is 22.7 Å². The third kappa shape index (κ3) is 3.38. The fourth-order valence-electron chi connectivity index (χ4n) is 2.69. The molecular weight excluding hydrogens is 316 g/mol. The Morgan fingerprint density at radius 2 is 2.00 bits per heavy atom. The summed E-state index contributed by atoms with van der Waals surface area (Å²) in [5.74, 6) is 0.500. The van der Waals surface area contributed by atoms with E-state index in [2.05, 4.69) is 15.5 Å². The summed E-state index contributed by atoms with van der Waals surface area (Å²) in [5.41, 5.74) is 6.28. The number of amides is 1. The second kappa shape index (κ2) is 7.17. The fourth-order valence-corrected chi connectivity index (χ4v) is 2.69. The Hall–Kier alpha value is -3.15. The van der Waals surface area contributed by atoms with Crippen molar-refractivity contribution >= 4 is 17.3 Å². The quantitative estimate of drug-likeness (QED) is 0.575. The number of benzene rings is 1. The SMILES string of the molecule is CC/C(=N/NC(=O)c1c(C)nc2ccccn12)c1ccc(OC)cc1. The number of nitrogens with one attached hydrogen (secondary N) is 1. The Morgan fingerprint density at radius 3 is 2.68 bits per heavy atom. The molecule has 1 N–H and O–H groups in total. The second-order valence-corrected chi connectivity index (χ2v) is 5.56. The van der Waals surface area contributed by atoms with Crippen LogP contribution >= 0.6 is 0 Å². The summed E-state index contributed by atoms with van der Waals surface area (Å²) in [6, 6.07) is 13.2. The highest BCUT2D eigenvalue weighted by atomic mass is 16.5. The van der Waals surface area contributed by atoms with Crippen LogP contribution in [0.2, 0.25) is 0 Å². The maximum atomic E-state index is 12.6. The lowest BCUT2D eigenvalue weighted by molar-refractivity contribution is 0.0948. The number of hydrazone groups is 1. The standard InChI is InChI=1S/C19H20N4O2/c1-4-16(14-8-10-15(25-3)11-9-14)21-22-19(24)18-13(2)20-17-7-5-6-12-23(17)18/h5-12H,4H2,1-3H3,(H,22,24)/b21-16-. The molecule has 3 aromatic rings. The summed E-state index contributed by atoms with van der Waals surface area (Å²) in [6.07, 6.45) is 2.51. The van der Waals surface area contributed by atoms with Crippen molar-refractivity contribution < 1.29 is 9.53 Å². The number of carbonyl (C=O) groups excluding carboxylic acids is 1. The Kier molecular flexibility index (Phi) is 4.79. The number of carbonyl (C=O) groups is 1. The number of methoxy groups -OCH3 is 1. The van der Waals surface area contributed by atoms with Crippen molar-refractivity contribution in [1.29, 1.82) is 0 Å². The molecule has 6 nitrogen and oxygen atoms in total. The van der Waals surface area contributed by atoms with E-state index in [4.69, 9.17) is 4.74 Å². The Bertz CT molecular complexity index is 926. The van der Waals surface area contributed by atoms with E-state index in [1.54, 1.807) is 11.5 Å². The monoisotopic (exact) mass is 336 g/mol. The molecule has 3 rings (SSSR count). The summed E-state index contributed by atoms with van der Waals surface area (Å²) in [7, 11) is 1.63. The summed E-state index contributed by atoms with van der Waals surface area (Å²) in [4.78, 5) is 17.0. The summed E-state index contributed by atoms with van der Waals surface area (Å²) in [5, 5.41) is 4.31. The van der Waals surface area contributed by atoms with Gasteiger partial charge in [0.2, 0.25) is 0 Å². The van der Waals surface area contributed by atoms with E-state index >= 15 is 0 Å². The number of hydrogen-bond donors (Lipinski definition) is 1. The molecule has 0 spiro atoms. The number of pyridine rings is 1. The summed E-state index contributed by atoms with van der Waals surface area (Å²) >= 11 is 0. The molecule has 0 aliphatic carbocycles. The summed E-state index contributed by atoms with van der Waals surface area (Å²) < 4.78 is 6.93. The van der Waals surface area contributed by atoms with E-state index in [9.17, 15) is 4.79 Å². The molecule has 0 saturated carbocycles. The zero-order valence-corrected chi connectivity index (χ0v) is 14.5. The number of hydrogen-bond acceptors (Lipinski definition) is 4. The topological polar surface area (TPSA) is 68.0 Å². The van der Waals surface area contributed by atoms with Gasteiger partial charge in [-0.05, 0) is 55.3 Å². The molecule has 25 heavy (non-hydrogen) atoms. The van der Waals surface area contributed by atoms with E-state index in [-0.39, 0.29) is 5.91 Å². The van der Waals surface area contributed by atoms with Gasteiger partial charge in [-0.3, -0.25) is 9.20 Å².